The van der Waals surface area contributed by atoms with Gasteiger partial charge in [0, 0.05) is 13.0 Å². The molecule has 7 nitrogen and oxygen atoms in total. The molecule has 3 rings (SSSR count). The molecular formula is C25H29NO6. The van der Waals surface area contributed by atoms with Gasteiger partial charge >= 0.3 is 0 Å². The van der Waals surface area contributed by atoms with E-state index >= 15 is 0 Å². The third kappa shape index (κ3) is 4.56. The molecule has 0 aliphatic carbocycles. The summed E-state index contributed by atoms with van der Waals surface area (Å²) in [5.74, 6) is 0.467. The van der Waals surface area contributed by atoms with Crippen molar-refractivity contribution in [3.63, 3.8) is 0 Å². The van der Waals surface area contributed by atoms with Crippen molar-refractivity contribution in [3.8, 4) is 17.2 Å². The zero-order valence-electron chi connectivity index (χ0n) is 19.0. The quantitative estimate of drug-likeness (QED) is 0.630. The van der Waals surface area contributed by atoms with Crippen LogP contribution in [0.5, 0.6) is 17.2 Å². The van der Waals surface area contributed by atoms with E-state index in [1.165, 1.54) is 12.0 Å². The number of ketones is 1. The maximum absolute atomic E-state index is 13.1. The molecule has 0 aromatic heterocycles. The van der Waals surface area contributed by atoms with Gasteiger partial charge in [-0.3, -0.25) is 9.59 Å². The lowest BCUT2D eigenvalue weighted by atomic mass is 9.92. The fourth-order valence-corrected chi connectivity index (χ4v) is 3.92. The molecular weight excluding hydrogens is 410 g/mol. The van der Waals surface area contributed by atoms with E-state index in [1.54, 1.807) is 44.6 Å². The fraction of sp³-hybridized carbons (Fsp3) is 0.360. The van der Waals surface area contributed by atoms with Crippen LogP contribution in [0.1, 0.15) is 37.4 Å². The molecule has 0 spiro atoms. The average molecular weight is 440 g/mol. The number of ether oxygens (including phenoxy) is 3. The Hall–Kier alpha value is -3.48. The van der Waals surface area contributed by atoms with E-state index in [9.17, 15) is 14.7 Å². The van der Waals surface area contributed by atoms with Crippen LogP contribution in [0, 0.1) is 5.92 Å². The van der Waals surface area contributed by atoms with Gasteiger partial charge in [0.25, 0.3) is 5.91 Å². The van der Waals surface area contributed by atoms with Crippen LogP contribution in [0.15, 0.2) is 53.8 Å². The lowest BCUT2D eigenvalue weighted by Gasteiger charge is -2.27. The van der Waals surface area contributed by atoms with E-state index in [0.717, 1.165) is 5.56 Å². The lowest BCUT2D eigenvalue weighted by Crippen LogP contribution is -2.30. The second-order valence-electron chi connectivity index (χ2n) is 8.08. The second kappa shape index (κ2) is 9.77. The minimum absolute atomic E-state index is 0.0868. The molecule has 1 unspecified atom stereocenters. The number of hydrogen-bond acceptors (Lipinski definition) is 6. The molecule has 32 heavy (non-hydrogen) atoms. The molecule has 0 saturated carbocycles. The zero-order chi connectivity index (χ0) is 23.4. The van der Waals surface area contributed by atoms with Gasteiger partial charge < -0.3 is 24.2 Å². The normalized spacial score (nSPS) is 16.0. The second-order valence-corrected chi connectivity index (χ2v) is 8.08. The highest BCUT2D eigenvalue weighted by Crippen LogP contribution is 2.41. The van der Waals surface area contributed by atoms with Crippen LogP contribution in [0.25, 0.3) is 0 Å². The Morgan fingerprint density at radius 2 is 1.75 bits per heavy atom. The Balaban J connectivity index is 2.06. The van der Waals surface area contributed by atoms with Crippen LogP contribution < -0.4 is 14.2 Å². The monoisotopic (exact) mass is 439 g/mol. The maximum atomic E-state index is 13.1. The molecule has 1 aliphatic rings. The number of amides is 1. The summed E-state index contributed by atoms with van der Waals surface area (Å²) in [6.07, 6.45) is 0.233. The number of hydrogen-bond donors (Lipinski definition) is 1. The highest BCUT2D eigenvalue weighted by molar-refractivity contribution is 6.09. The van der Waals surface area contributed by atoms with Crippen molar-refractivity contribution < 1.29 is 28.9 Å². The number of carbonyl (C=O) groups excluding carboxylic acids is 2. The van der Waals surface area contributed by atoms with Gasteiger partial charge in [0.05, 0.1) is 32.9 Å². The summed E-state index contributed by atoms with van der Waals surface area (Å²) in [6.45, 7) is 4.02. The zero-order valence-corrected chi connectivity index (χ0v) is 19.0. The van der Waals surface area contributed by atoms with Crippen molar-refractivity contribution in [3.05, 3.63) is 64.9 Å². The number of carbonyl (C=O) groups is 2. The average Bonchev–Trinajstić information content (AvgIpc) is 3.03. The maximum Gasteiger partial charge on any atom is 0.290 e. The highest BCUT2D eigenvalue weighted by Gasteiger charge is 2.43. The van der Waals surface area contributed by atoms with Crippen molar-refractivity contribution in [2.24, 2.45) is 5.92 Å². The Bertz CT molecular complexity index is 1040. The van der Waals surface area contributed by atoms with E-state index in [1.807, 2.05) is 26.0 Å². The van der Waals surface area contributed by atoms with E-state index in [-0.39, 0.29) is 30.2 Å². The summed E-state index contributed by atoms with van der Waals surface area (Å²) in [5, 5.41) is 10.7. The van der Waals surface area contributed by atoms with E-state index < -0.39 is 17.7 Å². The molecule has 0 fully saturated rings. The molecule has 1 heterocycles. The number of methoxy groups -OCH3 is 3. The van der Waals surface area contributed by atoms with Crippen molar-refractivity contribution in [2.75, 3.05) is 21.3 Å². The Morgan fingerprint density at radius 3 is 2.38 bits per heavy atom. The first-order chi connectivity index (χ1) is 15.3. The van der Waals surface area contributed by atoms with Gasteiger partial charge in [-0.25, -0.2) is 0 Å². The Labute approximate surface area is 188 Å². The van der Waals surface area contributed by atoms with Crippen LogP contribution in [-0.2, 0) is 16.1 Å². The van der Waals surface area contributed by atoms with E-state index in [0.29, 0.717) is 22.8 Å². The smallest absolute Gasteiger partial charge is 0.290 e. The Morgan fingerprint density at radius 1 is 1.03 bits per heavy atom. The highest BCUT2D eigenvalue weighted by atomic mass is 16.5. The summed E-state index contributed by atoms with van der Waals surface area (Å²) in [6, 6.07) is 11.8. The van der Waals surface area contributed by atoms with Crippen molar-refractivity contribution in [1.29, 1.82) is 0 Å². The standard InChI is InChI=1S/C25H29NO6/c1-15(2)11-19(27)22-23(17-7-6-8-18(13-17)30-3)26(25(29)24(22)28)14-16-9-10-20(31-4)21(12-16)32-5/h6-10,12-13,15,23,28H,11,14H2,1-5H3. The first kappa shape index (κ1) is 23.2. The number of aliphatic hydroxyl groups excluding tert-OH is 1. The van der Waals surface area contributed by atoms with Crippen molar-refractivity contribution in [1.82, 2.24) is 4.90 Å². The predicted octanol–water partition coefficient (Wildman–Crippen LogP) is 4.22. The topological polar surface area (TPSA) is 85.3 Å². The minimum atomic E-state index is -0.725. The summed E-state index contributed by atoms with van der Waals surface area (Å²) in [7, 11) is 4.64. The molecule has 2 aromatic rings. The molecule has 1 amide bonds. The van der Waals surface area contributed by atoms with Crippen molar-refractivity contribution >= 4 is 11.7 Å². The van der Waals surface area contributed by atoms with Crippen LogP contribution in [0.4, 0.5) is 0 Å². The van der Waals surface area contributed by atoms with Crippen LogP contribution in [0.3, 0.4) is 0 Å². The third-order valence-electron chi connectivity index (χ3n) is 5.41. The summed E-state index contributed by atoms with van der Waals surface area (Å²) in [4.78, 5) is 27.7. The number of Topliss-reactive ketones (excluding diaryl/α,β-unsaturated/α-hetero) is 1. The molecule has 0 saturated heterocycles. The number of nitrogens with zero attached hydrogens (tertiary/aromatic N) is 1. The molecule has 7 heteroatoms. The number of rotatable bonds is 9. The third-order valence-corrected chi connectivity index (χ3v) is 5.41. The molecule has 1 atom stereocenters. The molecule has 1 N–H and O–H groups in total. The van der Waals surface area contributed by atoms with E-state index in [4.69, 9.17) is 14.2 Å². The van der Waals surface area contributed by atoms with Crippen LogP contribution >= 0.6 is 0 Å². The first-order valence-corrected chi connectivity index (χ1v) is 10.4. The number of benzene rings is 2. The number of aliphatic hydroxyl groups is 1. The molecule has 170 valence electrons. The molecule has 1 aliphatic heterocycles. The van der Waals surface area contributed by atoms with Crippen LogP contribution in [0.2, 0.25) is 0 Å². The van der Waals surface area contributed by atoms with Gasteiger partial charge in [0.1, 0.15) is 5.75 Å². The first-order valence-electron chi connectivity index (χ1n) is 10.4. The predicted molar refractivity (Wildman–Crippen MR) is 120 cm³/mol. The summed E-state index contributed by atoms with van der Waals surface area (Å²) < 4.78 is 16.0. The van der Waals surface area contributed by atoms with Gasteiger partial charge in [-0.1, -0.05) is 32.0 Å². The summed E-state index contributed by atoms with van der Waals surface area (Å²) >= 11 is 0. The molecule has 2 aromatic carbocycles. The largest absolute Gasteiger partial charge is 0.503 e. The van der Waals surface area contributed by atoms with Gasteiger partial charge in [-0.05, 0) is 41.3 Å². The minimum Gasteiger partial charge on any atom is -0.503 e. The van der Waals surface area contributed by atoms with Gasteiger partial charge in [-0.2, -0.15) is 0 Å². The van der Waals surface area contributed by atoms with Gasteiger partial charge in [0.2, 0.25) is 0 Å². The fourth-order valence-electron chi connectivity index (χ4n) is 3.92. The van der Waals surface area contributed by atoms with Gasteiger partial charge in [-0.15, -0.1) is 0 Å². The Kier molecular flexibility index (Phi) is 7.08. The van der Waals surface area contributed by atoms with E-state index in [2.05, 4.69) is 0 Å². The molecule has 0 radical (unpaired) electrons. The molecule has 0 bridgehead atoms. The van der Waals surface area contributed by atoms with Crippen LogP contribution in [-0.4, -0.2) is 43.0 Å². The SMILES string of the molecule is COc1cccc(C2C(C(=O)CC(C)C)=C(O)C(=O)N2Cc2ccc(OC)c(OC)c2)c1. The lowest BCUT2D eigenvalue weighted by molar-refractivity contribution is -0.130. The summed E-state index contributed by atoms with van der Waals surface area (Å²) in [5.41, 5.74) is 1.58. The van der Waals surface area contributed by atoms with Crippen molar-refractivity contribution in [2.45, 2.75) is 32.9 Å². The van der Waals surface area contributed by atoms with Gasteiger partial charge in [0.15, 0.2) is 23.0 Å².